The molecule has 0 aliphatic carbocycles. The van der Waals surface area contributed by atoms with Crippen LogP contribution in [0.3, 0.4) is 0 Å². The molecule has 2 aromatic rings. The van der Waals surface area contributed by atoms with Crippen molar-refractivity contribution in [3.05, 3.63) is 36.3 Å². The van der Waals surface area contributed by atoms with Crippen molar-refractivity contribution in [3.63, 3.8) is 0 Å². The number of hydrogen-bond donors (Lipinski definition) is 0. The molecule has 0 fully saturated rings. The van der Waals surface area contributed by atoms with E-state index in [0.29, 0.717) is 5.69 Å². The second-order valence-corrected chi connectivity index (χ2v) is 2.33. The summed E-state index contributed by atoms with van der Waals surface area (Å²) < 4.78 is 13.9. The Morgan fingerprint density at radius 2 is 2.36 bits per heavy atom. The van der Waals surface area contributed by atoms with E-state index in [1.165, 1.54) is 0 Å². The number of aromatic nitrogens is 2. The van der Waals surface area contributed by atoms with Crippen molar-refractivity contribution in [2.24, 2.45) is 0 Å². The molecule has 56 valence electrons. The van der Waals surface area contributed by atoms with E-state index < -0.39 is 6.67 Å². The molecule has 0 atom stereocenters. The van der Waals surface area contributed by atoms with Crippen LogP contribution >= 0.6 is 0 Å². The minimum atomic E-state index is -0.498. The van der Waals surface area contributed by atoms with E-state index in [-0.39, 0.29) is 0 Å². The van der Waals surface area contributed by atoms with Crippen molar-refractivity contribution < 1.29 is 4.39 Å². The first-order valence-corrected chi connectivity index (χ1v) is 3.39. The lowest BCUT2D eigenvalue weighted by molar-refractivity contribution is 0.477. The Balaban J connectivity index is 2.69. The summed E-state index contributed by atoms with van der Waals surface area (Å²) in [5.74, 6) is 0. The average molecular weight is 150 g/mol. The lowest BCUT2D eigenvalue weighted by atomic mass is 10.5. The van der Waals surface area contributed by atoms with E-state index in [0.717, 1.165) is 5.65 Å². The molecule has 2 nitrogen and oxygen atoms in total. The van der Waals surface area contributed by atoms with Gasteiger partial charge in [-0.05, 0) is 12.1 Å². The first-order valence-electron chi connectivity index (χ1n) is 3.39. The minimum Gasteiger partial charge on any atom is -0.307 e. The Morgan fingerprint density at radius 3 is 3.09 bits per heavy atom. The highest BCUT2D eigenvalue weighted by molar-refractivity contribution is 5.39. The molecule has 0 aromatic carbocycles. The largest absolute Gasteiger partial charge is 0.307 e. The van der Waals surface area contributed by atoms with Crippen LogP contribution in [0.5, 0.6) is 0 Å². The van der Waals surface area contributed by atoms with Gasteiger partial charge in [-0.3, -0.25) is 0 Å². The second kappa shape index (κ2) is 2.34. The van der Waals surface area contributed by atoms with E-state index >= 15 is 0 Å². The molecule has 2 aromatic heterocycles. The standard InChI is InChI=1S/C8H7FN2/c9-5-7-6-11-4-2-1-3-8(11)10-7/h1-4,6H,5H2. The first-order chi connectivity index (χ1) is 5.40. The number of fused-ring (bicyclic) bond motifs is 1. The third-order valence-corrected chi connectivity index (χ3v) is 1.55. The molecule has 0 spiro atoms. The Morgan fingerprint density at radius 1 is 1.45 bits per heavy atom. The van der Waals surface area contributed by atoms with Crippen LogP contribution in [0.1, 0.15) is 5.69 Å². The summed E-state index contributed by atoms with van der Waals surface area (Å²) in [4.78, 5) is 4.02. The quantitative estimate of drug-likeness (QED) is 0.606. The Kier molecular flexibility index (Phi) is 1.35. The van der Waals surface area contributed by atoms with Gasteiger partial charge in [-0.15, -0.1) is 0 Å². The van der Waals surface area contributed by atoms with Gasteiger partial charge < -0.3 is 4.40 Å². The molecule has 0 saturated heterocycles. The molecule has 3 heteroatoms. The summed E-state index contributed by atoms with van der Waals surface area (Å²) in [6, 6.07) is 5.61. The molecular weight excluding hydrogens is 143 g/mol. The Hall–Kier alpha value is -1.38. The van der Waals surface area contributed by atoms with Crippen LogP contribution < -0.4 is 0 Å². The fourth-order valence-corrected chi connectivity index (χ4v) is 1.05. The van der Waals surface area contributed by atoms with Crippen molar-refractivity contribution >= 4 is 5.65 Å². The lowest BCUT2D eigenvalue weighted by Gasteiger charge is -1.86. The molecule has 0 unspecified atom stereocenters. The van der Waals surface area contributed by atoms with Crippen LogP contribution in [0.25, 0.3) is 5.65 Å². The van der Waals surface area contributed by atoms with Gasteiger partial charge >= 0.3 is 0 Å². The molecular formula is C8H7FN2. The van der Waals surface area contributed by atoms with Crippen molar-refractivity contribution in [2.75, 3.05) is 0 Å². The SMILES string of the molecule is FCc1cn2ccccc2n1. The highest BCUT2D eigenvalue weighted by Gasteiger charge is 1.97. The van der Waals surface area contributed by atoms with Gasteiger partial charge in [-0.1, -0.05) is 6.07 Å². The maximum absolute atomic E-state index is 12.1. The van der Waals surface area contributed by atoms with Crippen molar-refractivity contribution in [1.29, 1.82) is 0 Å². The summed E-state index contributed by atoms with van der Waals surface area (Å²) in [6.45, 7) is -0.498. The van der Waals surface area contributed by atoms with Gasteiger partial charge in [0, 0.05) is 12.4 Å². The first kappa shape index (κ1) is 6.34. The molecule has 0 saturated carbocycles. The van der Waals surface area contributed by atoms with E-state index in [1.54, 1.807) is 10.6 Å². The molecule has 0 radical (unpaired) electrons. The molecule has 11 heavy (non-hydrogen) atoms. The molecule has 0 bridgehead atoms. The molecule has 0 amide bonds. The smallest absolute Gasteiger partial charge is 0.137 e. The summed E-state index contributed by atoms with van der Waals surface area (Å²) in [5.41, 5.74) is 1.27. The number of imidazole rings is 1. The Labute approximate surface area is 63.3 Å². The maximum Gasteiger partial charge on any atom is 0.137 e. The fourth-order valence-electron chi connectivity index (χ4n) is 1.05. The van der Waals surface area contributed by atoms with Crippen LogP contribution in [0, 0.1) is 0 Å². The van der Waals surface area contributed by atoms with Crippen LogP contribution in [0.4, 0.5) is 4.39 Å². The molecule has 0 aliphatic rings. The van der Waals surface area contributed by atoms with Crippen LogP contribution in [-0.2, 0) is 6.67 Å². The van der Waals surface area contributed by atoms with Crippen molar-refractivity contribution in [2.45, 2.75) is 6.67 Å². The highest BCUT2D eigenvalue weighted by Crippen LogP contribution is 2.04. The van der Waals surface area contributed by atoms with E-state index in [4.69, 9.17) is 0 Å². The summed E-state index contributed by atoms with van der Waals surface area (Å²) in [6.07, 6.45) is 3.54. The maximum atomic E-state index is 12.1. The fraction of sp³-hybridized carbons (Fsp3) is 0.125. The van der Waals surface area contributed by atoms with E-state index in [2.05, 4.69) is 4.98 Å². The lowest BCUT2D eigenvalue weighted by Crippen LogP contribution is -1.77. The van der Waals surface area contributed by atoms with Gasteiger partial charge in [0.05, 0.1) is 5.69 Å². The number of pyridine rings is 1. The van der Waals surface area contributed by atoms with Gasteiger partial charge in [0.25, 0.3) is 0 Å². The molecule has 2 heterocycles. The Bertz CT molecular complexity index is 334. The third-order valence-electron chi connectivity index (χ3n) is 1.55. The zero-order chi connectivity index (χ0) is 7.68. The number of halogens is 1. The number of hydrogen-bond acceptors (Lipinski definition) is 1. The number of rotatable bonds is 1. The van der Waals surface area contributed by atoms with Gasteiger partial charge in [-0.2, -0.15) is 0 Å². The summed E-state index contributed by atoms with van der Waals surface area (Å²) in [5, 5.41) is 0. The summed E-state index contributed by atoms with van der Waals surface area (Å²) >= 11 is 0. The van der Waals surface area contributed by atoms with Crippen molar-refractivity contribution in [1.82, 2.24) is 9.38 Å². The van der Waals surface area contributed by atoms with Crippen LogP contribution in [-0.4, -0.2) is 9.38 Å². The summed E-state index contributed by atoms with van der Waals surface area (Å²) in [7, 11) is 0. The normalized spacial score (nSPS) is 10.6. The predicted octanol–water partition coefficient (Wildman–Crippen LogP) is 1.80. The van der Waals surface area contributed by atoms with Crippen LogP contribution in [0.2, 0.25) is 0 Å². The van der Waals surface area contributed by atoms with Gasteiger partial charge in [-0.25, -0.2) is 9.37 Å². The second-order valence-electron chi connectivity index (χ2n) is 2.33. The van der Waals surface area contributed by atoms with Crippen molar-refractivity contribution in [3.8, 4) is 0 Å². The molecule has 2 rings (SSSR count). The van der Waals surface area contributed by atoms with E-state index in [1.807, 2.05) is 24.4 Å². The topological polar surface area (TPSA) is 17.3 Å². The zero-order valence-electron chi connectivity index (χ0n) is 5.87. The third kappa shape index (κ3) is 0.981. The van der Waals surface area contributed by atoms with Crippen LogP contribution in [0.15, 0.2) is 30.6 Å². The van der Waals surface area contributed by atoms with Gasteiger partial charge in [0.2, 0.25) is 0 Å². The minimum absolute atomic E-state index is 0.483. The van der Waals surface area contributed by atoms with E-state index in [9.17, 15) is 4.39 Å². The van der Waals surface area contributed by atoms with Gasteiger partial charge in [0.1, 0.15) is 12.3 Å². The average Bonchev–Trinajstić information content (AvgIpc) is 2.46. The zero-order valence-corrected chi connectivity index (χ0v) is 5.87. The monoisotopic (exact) mass is 150 g/mol. The molecule has 0 aliphatic heterocycles. The van der Waals surface area contributed by atoms with Gasteiger partial charge in [0.15, 0.2) is 0 Å². The number of nitrogens with zero attached hydrogens (tertiary/aromatic N) is 2. The highest BCUT2D eigenvalue weighted by atomic mass is 19.1. The number of alkyl halides is 1. The predicted molar refractivity (Wildman–Crippen MR) is 40.0 cm³/mol. The molecule has 0 N–H and O–H groups in total.